The van der Waals surface area contributed by atoms with Gasteiger partial charge in [0, 0.05) is 0 Å². The van der Waals surface area contributed by atoms with Crippen molar-refractivity contribution in [3.8, 4) is 0 Å². The lowest BCUT2D eigenvalue weighted by Crippen LogP contribution is -2.36. The van der Waals surface area contributed by atoms with Crippen LogP contribution >= 0.6 is 23.2 Å². The Bertz CT molecular complexity index is 667. The zero-order valence-corrected chi connectivity index (χ0v) is 14.5. The summed E-state index contributed by atoms with van der Waals surface area (Å²) in [6.45, 7) is -0.315. The minimum atomic E-state index is -0.610. The molecule has 128 valence electrons. The maximum atomic E-state index is 12.3. The van der Waals surface area contributed by atoms with E-state index >= 15 is 0 Å². The number of hydrogen-bond donors (Lipinski definition) is 0. The lowest BCUT2D eigenvalue weighted by molar-refractivity contribution is -0.153. The molecule has 0 spiro atoms. The zero-order valence-electron chi connectivity index (χ0n) is 13.0. The number of halogens is 2. The van der Waals surface area contributed by atoms with Crippen LogP contribution in [0.25, 0.3) is 0 Å². The lowest BCUT2D eigenvalue weighted by atomic mass is 9.81. The van der Waals surface area contributed by atoms with Gasteiger partial charge in [-0.25, -0.2) is 0 Å². The number of hydrogen-bond acceptors (Lipinski definition) is 4. The predicted molar refractivity (Wildman–Crippen MR) is 88.4 cm³/mol. The summed E-state index contributed by atoms with van der Waals surface area (Å²) in [5.74, 6) is -1.60. The molecule has 7 heteroatoms. The Kier molecular flexibility index (Phi) is 5.11. The van der Waals surface area contributed by atoms with Crippen LogP contribution in [0.15, 0.2) is 18.2 Å². The van der Waals surface area contributed by atoms with E-state index in [0.717, 1.165) is 30.6 Å². The van der Waals surface area contributed by atoms with E-state index in [0.29, 0.717) is 15.6 Å². The van der Waals surface area contributed by atoms with Crippen molar-refractivity contribution in [2.45, 2.75) is 32.3 Å². The first-order valence-corrected chi connectivity index (χ1v) is 8.67. The topological polar surface area (TPSA) is 63.7 Å². The van der Waals surface area contributed by atoms with Crippen molar-refractivity contribution in [2.24, 2.45) is 11.8 Å². The molecule has 0 unspecified atom stereocenters. The summed E-state index contributed by atoms with van der Waals surface area (Å²) in [4.78, 5) is 37.7. The third-order valence-electron chi connectivity index (χ3n) is 4.60. The van der Waals surface area contributed by atoms with Gasteiger partial charge in [0.25, 0.3) is 0 Å². The number of ether oxygens (including phenoxy) is 1. The predicted octanol–water partition coefficient (Wildman–Crippen LogP) is 3.21. The second-order valence-electron chi connectivity index (χ2n) is 6.17. The van der Waals surface area contributed by atoms with E-state index in [4.69, 9.17) is 27.9 Å². The molecular formula is C17H17Cl2NO4. The van der Waals surface area contributed by atoms with Gasteiger partial charge < -0.3 is 4.74 Å². The molecular weight excluding hydrogens is 353 g/mol. The number of amides is 2. The molecule has 1 saturated carbocycles. The summed E-state index contributed by atoms with van der Waals surface area (Å²) >= 11 is 11.7. The first-order valence-electron chi connectivity index (χ1n) is 7.92. The molecule has 3 rings (SSSR count). The van der Waals surface area contributed by atoms with Crippen LogP contribution in [0.2, 0.25) is 10.0 Å². The van der Waals surface area contributed by atoms with Crippen molar-refractivity contribution in [2.75, 3.05) is 6.54 Å². The van der Waals surface area contributed by atoms with Crippen LogP contribution in [-0.4, -0.2) is 29.2 Å². The quantitative estimate of drug-likeness (QED) is 0.603. The number of nitrogens with zero attached hydrogens (tertiary/aromatic N) is 1. The number of fused-ring (bicyclic) bond motifs is 1. The van der Waals surface area contributed by atoms with Gasteiger partial charge in [0.05, 0.1) is 21.9 Å². The largest absolute Gasteiger partial charge is 0.459 e. The van der Waals surface area contributed by atoms with Crippen LogP contribution in [0.1, 0.15) is 31.2 Å². The molecule has 5 nitrogen and oxygen atoms in total. The molecule has 1 aromatic rings. The first kappa shape index (κ1) is 17.2. The van der Waals surface area contributed by atoms with Crippen molar-refractivity contribution < 1.29 is 19.1 Å². The third-order valence-corrected chi connectivity index (χ3v) is 5.34. The number of rotatable bonds is 4. The number of imide groups is 1. The maximum Gasteiger partial charge on any atom is 0.326 e. The van der Waals surface area contributed by atoms with Gasteiger partial charge >= 0.3 is 5.97 Å². The Labute approximate surface area is 149 Å². The highest BCUT2D eigenvalue weighted by Crippen LogP contribution is 2.37. The molecule has 2 aliphatic rings. The van der Waals surface area contributed by atoms with Gasteiger partial charge in [-0.1, -0.05) is 42.1 Å². The van der Waals surface area contributed by atoms with Crippen LogP contribution in [0.5, 0.6) is 0 Å². The monoisotopic (exact) mass is 369 g/mol. The summed E-state index contributed by atoms with van der Waals surface area (Å²) < 4.78 is 5.15. The number of carbonyl (C=O) groups excluding carboxylic acids is 3. The fourth-order valence-electron chi connectivity index (χ4n) is 3.35. The highest BCUT2D eigenvalue weighted by molar-refractivity contribution is 6.42. The van der Waals surface area contributed by atoms with Crippen LogP contribution in [-0.2, 0) is 25.7 Å². The van der Waals surface area contributed by atoms with Crippen molar-refractivity contribution >= 4 is 41.0 Å². The minimum absolute atomic E-state index is 0.0127. The maximum absolute atomic E-state index is 12.3. The van der Waals surface area contributed by atoms with Gasteiger partial charge in [-0.3, -0.25) is 19.3 Å². The Morgan fingerprint density at radius 2 is 1.71 bits per heavy atom. The van der Waals surface area contributed by atoms with Crippen molar-refractivity contribution in [3.63, 3.8) is 0 Å². The number of benzene rings is 1. The normalized spacial score (nSPS) is 23.3. The molecule has 1 aliphatic carbocycles. The molecule has 1 aliphatic heterocycles. The van der Waals surface area contributed by atoms with Gasteiger partial charge in [-0.2, -0.15) is 0 Å². The zero-order chi connectivity index (χ0) is 17.3. The second kappa shape index (κ2) is 7.11. The number of carbonyl (C=O) groups is 3. The average Bonchev–Trinajstić information content (AvgIpc) is 2.81. The molecule has 2 fully saturated rings. The average molecular weight is 370 g/mol. The van der Waals surface area contributed by atoms with Gasteiger partial charge in [0.15, 0.2) is 0 Å². The Morgan fingerprint density at radius 1 is 1.08 bits per heavy atom. The van der Waals surface area contributed by atoms with E-state index < -0.39 is 5.97 Å². The van der Waals surface area contributed by atoms with E-state index in [1.54, 1.807) is 18.2 Å². The highest BCUT2D eigenvalue weighted by atomic mass is 35.5. The fourth-order valence-corrected chi connectivity index (χ4v) is 3.68. The van der Waals surface area contributed by atoms with E-state index in [-0.39, 0.29) is 36.8 Å². The minimum Gasteiger partial charge on any atom is -0.459 e. The first-order chi connectivity index (χ1) is 11.5. The molecule has 24 heavy (non-hydrogen) atoms. The summed E-state index contributed by atoms with van der Waals surface area (Å²) in [6.07, 6.45) is 3.36. The van der Waals surface area contributed by atoms with Crippen LogP contribution < -0.4 is 0 Å². The van der Waals surface area contributed by atoms with Crippen LogP contribution in [0, 0.1) is 11.8 Å². The van der Waals surface area contributed by atoms with Gasteiger partial charge in [0.1, 0.15) is 13.2 Å². The fraction of sp³-hybridized carbons (Fsp3) is 0.471. The standard InChI is InChI=1S/C17H17Cl2NO4/c18-13-6-5-10(7-14(13)19)9-24-15(21)8-20-16(22)11-3-1-2-4-12(11)17(20)23/h5-7,11-12H,1-4,8-9H2/t11-,12+. The third kappa shape index (κ3) is 3.42. The van der Waals surface area contributed by atoms with Gasteiger partial charge in [-0.05, 0) is 30.5 Å². The second-order valence-corrected chi connectivity index (χ2v) is 6.98. The van der Waals surface area contributed by atoms with Crippen molar-refractivity contribution in [1.82, 2.24) is 4.90 Å². The molecule has 0 radical (unpaired) electrons. The number of likely N-dealkylation sites (tertiary alicyclic amines) is 1. The van der Waals surface area contributed by atoms with Gasteiger partial charge in [-0.15, -0.1) is 0 Å². The van der Waals surface area contributed by atoms with E-state index in [1.165, 1.54) is 0 Å². The Hall–Kier alpha value is -1.59. The summed E-state index contributed by atoms with van der Waals surface area (Å²) in [6, 6.07) is 4.92. The molecule has 2 atom stereocenters. The summed E-state index contributed by atoms with van der Waals surface area (Å²) in [7, 11) is 0. The van der Waals surface area contributed by atoms with Crippen LogP contribution in [0.4, 0.5) is 0 Å². The van der Waals surface area contributed by atoms with Crippen molar-refractivity contribution in [3.05, 3.63) is 33.8 Å². The molecule has 0 N–H and O–H groups in total. The summed E-state index contributed by atoms with van der Waals surface area (Å²) in [5, 5.41) is 0.793. The lowest BCUT2D eigenvalue weighted by Gasteiger charge is -2.19. The highest BCUT2D eigenvalue weighted by Gasteiger charge is 2.48. The SMILES string of the molecule is O=C(CN1C(=O)[C@H]2CCCC[C@H]2C1=O)OCc1ccc(Cl)c(Cl)c1. The molecule has 1 saturated heterocycles. The van der Waals surface area contributed by atoms with Crippen LogP contribution in [0.3, 0.4) is 0 Å². The summed E-state index contributed by atoms with van der Waals surface area (Å²) in [5.41, 5.74) is 0.686. The van der Waals surface area contributed by atoms with E-state index in [9.17, 15) is 14.4 Å². The molecule has 0 aromatic heterocycles. The molecule has 0 bridgehead atoms. The number of esters is 1. The Balaban J connectivity index is 1.57. The Morgan fingerprint density at radius 3 is 2.29 bits per heavy atom. The smallest absolute Gasteiger partial charge is 0.326 e. The molecule has 2 amide bonds. The van der Waals surface area contributed by atoms with E-state index in [1.807, 2.05) is 0 Å². The molecule has 1 heterocycles. The van der Waals surface area contributed by atoms with E-state index in [2.05, 4.69) is 0 Å². The molecule has 1 aromatic carbocycles. The van der Waals surface area contributed by atoms with Crippen molar-refractivity contribution in [1.29, 1.82) is 0 Å². The van der Waals surface area contributed by atoms with Gasteiger partial charge in [0.2, 0.25) is 11.8 Å².